The summed E-state index contributed by atoms with van der Waals surface area (Å²) in [6, 6.07) is 0. The zero-order valence-electron chi connectivity index (χ0n) is 13.0. The Morgan fingerprint density at radius 3 is 2.19 bits per heavy atom. The lowest BCUT2D eigenvalue weighted by molar-refractivity contribution is -0.139. The number of carboxylic acids is 1. The highest BCUT2D eigenvalue weighted by Gasteiger charge is 2.24. The third-order valence-electron chi connectivity index (χ3n) is 2.29. The number of unbranched alkanes of at least 4 members (excludes halogenated alkanes) is 1. The molecule has 21 heavy (non-hydrogen) atoms. The molecule has 1 atom stereocenters. The van der Waals surface area contributed by atoms with Crippen LogP contribution in [0, 0.1) is 0 Å². The molecule has 0 radical (unpaired) electrons. The summed E-state index contributed by atoms with van der Waals surface area (Å²) in [6.45, 7) is 17.6. The molecule has 0 amide bonds. The Morgan fingerprint density at radius 1 is 1.33 bits per heavy atom. The van der Waals surface area contributed by atoms with Gasteiger partial charge in [-0.3, -0.25) is 0 Å². The fourth-order valence-electron chi connectivity index (χ4n) is 0.953. The van der Waals surface area contributed by atoms with Crippen molar-refractivity contribution in [3.63, 3.8) is 0 Å². The minimum atomic E-state index is -0.872. The van der Waals surface area contributed by atoms with Crippen molar-refractivity contribution in [3.05, 3.63) is 37.5 Å². The molecule has 0 spiro atoms. The molecule has 0 saturated carbocycles. The van der Waals surface area contributed by atoms with Crippen LogP contribution in [0.2, 0.25) is 0 Å². The third kappa shape index (κ3) is 14.3. The van der Waals surface area contributed by atoms with E-state index in [0.717, 1.165) is 12.8 Å². The number of aliphatic carboxylic acids is 1. The van der Waals surface area contributed by atoms with Crippen LogP contribution in [0.3, 0.4) is 0 Å². The van der Waals surface area contributed by atoms with Crippen molar-refractivity contribution in [2.24, 2.45) is 0 Å². The molecule has 120 valence electrons. The summed E-state index contributed by atoms with van der Waals surface area (Å²) in [7, 11) is 0. The SMILES string of the molecule is C=C.C=C(C)C(=O)OCC1CO1.C=C(CCCC)C(=O)O. The number of rotatable bonds is 7. The molecule has 5 nitrogen and oxygen atoms in total. The summed E-state index contributed by atoms with van der Waals surface area (Å²) in [6.07, 6.45) is 2.70. The highest BCUT2D eigenvalue weighted by Crippen LogP contribution is 2.09. The van der Waals surface area contributed by atoms with Gasteiger partial charge in [-0.15, -0.1) is 13.2 Å². The smallest absolute Gasteiger partial charge is 0.333 e. The molecule has 1 N–H and O–H groups in total. The number of esters is 1. The molecule has 1 fully saturated rings. The van der Waals surface area contributed by atoms with Gasteiger partial charge in [0, 0.05) is 11.1 Å². The van der Waals surface area contributed by atoms with E-state index in [9.17, 15) is 9.59 Å². The fraction of sp³-hybridized carbons (Fsp3) is 0.500. The zero-order valence-corrected chi connectivity index (χ0v) is 13.0. The Balaban J connectivity index is 0. The van der Waals surface area contributed by atoms with Crippen molar-refractivity contribution < 1.29 is 24.2 Å². The molecule has 0 aromatic rings. The average molecular weight is 298 g/mol. The molecule has 1 aliphatic heterocycles. The molecule has 1 heterocycles. The van der Waals surface area contributed by atoms with Gasteiger partial charge in [0.25, 0.3) is 0 Å². The van der Waals surface area contributed by atoms with Gasteiger partial charge in [0.2, 0.25) is 0 Å². The molecule has 0 aromatic heterocycles. The van der Waals surface area contributed by atoms with Gasteiger partial charge in [-0.2, -0.15) is 0 Å². The summed E-state index contributed by atoms with van der Waals surface area (Å²) in [5.74, 6) is -1.21. The Labute approximate surface area is 126 Å². The normalized spacial score (nSPS) is 14.5. The van der Waals surface area contributed by atoms with E-state index < -0.39 is 5.97 Å². The summed E-state index contributed by atoms with van der Waals surface area (Å²) in [4.78, 5) is 20.8. The Morgan fingerprint density at radius 2 is 1.86 bits per heavy atom. The molecule has 1 saturated heterocycles. The zero-order chi connectivity index (χ0) is 16.8. The quantitative estimate of drug-likeness (QED) is 0.338. The van der Waals surface area contributed by atoms with Crippen molar-refractivity contribution >= 4 is 11.9 Å². The van der Waals surface area contributed by atoms with Gasteiger partial charge >= 0.3 is 11.9 Å². The first kappa shape index (κ1) is 21.4. The Hall–Kier alpha value is -1.88. The average Bonchev–Trinajstić information content (AvgIpc) is 3.28. The second-order valence-electron chi connectivity index (χ2n) is 4.35. The molecule has 1 unspecified atom stereocenters. The molecular weight excluding hydrogens is 272 g/mol. The topological polar surface area (TPSA) is 76.1 Å². The van der Waals surface area contributed by atoms with E-state index in [4.69, 9.17) is 14.6 Å². The molecule has 0 aromatic carbocycles. The number of carboxylic acid groups (broad SMARTS) is 1. The maximum atomic E-state index is 10.7. The van der Waals surface area contributed by atoms with E-state index in [1.54, 1.807) is 6.92 Å². The predicted molar refractivity (Wildman–Crippen MR) is 83.1 cm³/mol. The molecule has 5 heteroatoms. The van der Waals surface area contributed by atoms with Crippen molar-refractivity contribution in [1.29, 1.82) is 0 Å². The van der Waals surface area contributed by atoms with Crippen LogP contribution in [0.1, 0.15) is 33.1 Å². The number of carbonyl (C=O) groups is 2. The fourth-order valence-corrected chi connectivity index (χ4v) is 0.953. The summed E-state index contributed by atoms with van der Waals surface area (Å²) < 4.78 is 9.60. The van der Waals surface area contributed by atoms with Crippen molar-refractivity contribution in [2.75, 3.05) is 13.2 Å². The van der Waals surface area contributed by atoms with E-state index in [2.05, 4.69) is 26.3 Å². The molecular formula is C16H26O5. The predicted octanol–water partition coefficient (Wildman–Crippen LogP) is 3.12. The van der Waals surface area contributed by atoms with Crippen LogP contribution in [0.5, 0.6) is 0 Å². The van der Waals surface area contributed by atoms with Crippen LogP contribution in [0.15, 0.2) is 37.5 Å². The Bertz CT molecular complexity index is 356. The van der Waals surface area contributed by atoms with Gasteiger partial charge in [-0.1, -0.05) is 26.5 Å². The van der Waals surface area contributed by atoms with Crippen LogP contribution in [-0.4, -0.2) is 36.4 Å². The number of ether oxygens (including phenoxy) is 2. The van der Waals surface area contributed by atoms with Gasteiger partial charge in [-0.25, -0.2) is 9.59 Å². The largest absolute Gasteiger partial charge is 0.478 e. The van der Waals surface area contributed by atoms with Crippen molar-refractivity contribution in [3.8, 4) is 0 Å². The maximum Gasteiger partial charge on any atom is 0.333 e. The van der Waals surface area contributed by atoms with Crippen molar-refractivity contribution in [2.45, 2.75) is 39.2 Å². The van der Waals surface area contributed by atoms with E-state index in [1.807, 2.05) is 6.92 Å². The third-order valence-corrected chi connectivity index (χ3v) is 2.29. The van der Waals surface area contributed by atoms with Crippen LogP contribution in [-0.2, 0) is 19.1 Å². The minimum absolute atomic E-state index is 0.142. The van der Waals surface area contributed by atoms with Gasteiger partial charge < -0.3 is 14.6 Å². The minimum Gasteiger partial charge on any atom is -0.478 e. The summed E-state index contributed by atoms with van der Waals surface area (Å²) in [5.41, 5.74) is 0.748. The lowest BCUT2D eigenvalue weighted by atomic mass is 10.1. The second-order valence-corrected chi connectivity index (χ2v) is 4.35. The summed E-state index contributed by atoms with van der Waals surface area (Å²) >= 11 is 0. The first-order valence-electron chi connectivity index (χ1n) is 6.73. The van der Waals surface area contributed by atoms with E-state index in [0.29, 0.717) is 30.8 Å². The van der Waals surface area contributed by atoms with Crippen LogP contribution >= 0.6 is 0 Å². The van der Waals surface area contributed by atoms with Crippen LogP contribution in [0.25, 0.3) is 0 Å². The van der Waals surface area contributed by atoms with Gasteiger partial charge in [-0.05, 0) is 19.8 Å². The van der Waals surface area contributed by atoms with E-state index in [-0.39, 0.29) is 12.1 Å². The van der Waals surface area contributed by atoms with Crippen LogP contribution < -0.4 is 0 Å². The number of hydrogen-bond donors (Lipinski definition) is 1. The maximum absolute atomic E-state index is 10.7. The van der Waals surface area contributed by atoms with Gasteiger partial charge in [0.15, 0.2) is 0 Å². The van der Waals surface area contributed by atoms with Gasteiger partial charge in [0.1, 0.15) is 12.7 Å². The first-order chi connectivity index (χ1) is 9.88. The molecule has 1 aliphatic rings. The molecule has 0 aliphatic carbocycles. The van der Waals surface area contributed by atoms with Crippen molar-refractivity contribution in [1.82, 2.24) is 0 Å². The lowest BCUT2D eigenvalue weighted by Gasteiger charge is -1.99. The highest BCUT2D eigenvalue weighted by molar-refractivity contribution is 5.87. The second kappa shape index (κ2) is 13.1. The van der Waals surface area contributed by atoms with E-state index in [1.165, 1.54) is 0 Å². The number of carbonyl (C=O) groups excluding carboxylic acids is 1. The monoisotopic (exact) mass is 298 g/mol. The van der Waals surface area contributed by atoms with Gasteiger partial charge in [0.05, 0.1) is 6.61 Å². The summed E-state index contributed by atoms with van der Waals surface area (Å²) in [5, 5.41) is 8.31. The Kier molecular flexibility index (Phi) is 13.4. The van der Waals surface area contributed by atoms with E-state index >= 15 is 0 Å². The van der Waals surface area contributed by atoms with Crippen LogP contribution in [0.4, 0.5) is 0 Å². The molecule has 1 rings (SSSR count). The number of hydrogen-bond acceptors (Lipinski definition) is 4. The first-order valence-corrected chi connectivity index (χ1v) is 6.73. The standard InChI is InChI=1S/C7H10O3.C7H12O2.C2H4/c1-5(2)7(8)10-4-6-3-9-6;1-3-4-5-6(2)7(8)9;1-2/h6H,1,3-4H2,2H3;2-5H2,1H3,(H,8,9);1-2H2. The molecule has 0 bridgehead atoms. The number of epoxide rings is 1. The lowest BCUT2D eigenvalue weighted by Crippen LogP contribution is -2.09. The highest BCUT2D eigenvalue weighted by atomic mass is 16.6.